The summed E-state index contributed by atoms with van der Waals surface area (Å²) in [4.78, 5) is 4.74. The number of aryl methyl sites for hydroxylation is 1. The first-order valence-corrected chi connectivity index (χ1v) is 5.71. The Hall–Kier alpha value is -1.45. The number of nitrogens with two attached hydrogens (primary N) is 1. The predicted molar refractivity (Wildman–Crippen MR) is 64.1 cm³/mol. The van der Waals surface area contributed by atoms with Crippen molar-refractivity contribution in [1.29, 1.82) is 0 Å². The van der Waals surface area contributed by atoms with Gasteiger partial charge in [-0.25, -0.2) is 4.85 Å². The summed E-state index contributed by atoms with van der Waals surface area (Å²) in [6.07, 6.45) is 8.65. The van der Waals surface area contributed by atoms with Crippen LogP contribution >= 0.6 is 11.3 Å². The van der Waals surface area contributed by atoms with Gasteiger partial charge in [-0.05, 0) is 36.6 Å². The molecule has 0 amide bonds. The zero-order chi connectivity index (χ0) is 11.1. The van der Waals surface area contributed by atoms with Crippen molar-refractivity contribution in [3.8, 4) is 12.3 Å². The van der Waals surface area contributed by atoms with Crippen molar-refractivity contribution >= 4 is 22.0 Å². The number of nitrogen functional groups attached to an aromatic ring is 1. The molecule has 2 N–H and O–H groups in total. The fourth-order valence-corrected chi connectivity index (χ4v) is 3.40. The Kier molecular flexibility index (Phi) is 2.21. The van der Waals surface area contributed by atoms with E-state index in [4.69, 9.17) is 18.7 Å². The van der Waals surface area contributed by atoms with E-state index in [1.807, 2.05) is 6.92 Å². The molecule has 0 aromatic carbocycles. The number of hydrogen-bond donors (Lipinski definition) is 1. The molecule has 0 saturated carbocycles. The van der Waals surface area contributed by atoms with E-state index < -0.39 is 0 Å². The summed E-state index contributed by atoms with van der Waals surface area (Å²) in [6, 6.07) is 0. The summed E-state index contributed by atoms with van der Waals surface area (Å²) >= 11 is 1.53. The van der Waals surface area contributed by atoms with E-state index >= 15 is 0 Å². The molecule has 1 aliphatic carbocycles. The molecule has 0 saturated heterocycles. The minimum atomic E-state index is -0.290. The zero-order valence-electron chi connectivity index (χ0n) is 8.63. The summed E-state index contributed by atoms with van der Waals surface area (Å²) in [6.45, 7) is 9.21. The number of nitrogens with zero attached hydrogens (tertiary/aromatic N) is 1. The lowest BCUT2D eigenvalue weighted by atomic mass is 9.74. The van der Waals surface area contributed by atoms with E-state index in [-0.39, 0.29) is 5.41 Å². The largest absolute Gasteiger partial charge is 0.399 e. The quantitative estimate of drug-likeness (QED) is 0.524. The van der Waals surface area contributed by atoms with E-state index in [1.165, 1.54) is 16.2 Å². The van der Waals surface area contributed by atoms with Crippen LogP contribution in [-0.2, 0) is 11.8 Å². The molecule has 0 radical (unpaired) electrons. The normalized spacial score (nSPS) is 23.9. The minimum Gasteiger partial charge on any atom is -0.399 e. The molecule has 1 heterocycles. The Labute approximate surface area is 93.9 Å². The summed E-state index contributed by atoms with van der Waals surface area (Å²) in [5.74, 6) is 2.83. The SMILES string of the molecule is [C-]#[N+]c1c(N)sc2c1C(C)(C#C)CCC2. The van der Waals surface area contributed by atoms with Crippen LogP contribution in [0.25, 0.3) is 4.85 Å². The third-order valence-corrected chi connectivity index (χ3v) is 4.11. The van der Waals surface area contributed by atoms with Crippen LogP contribution in [0.15, 0.2) is 0 Å². The number of rotatable bonds is 0. The van der Waals surface area contributed by atoms with Gasteiger partial charge in [0.25, 0.3) is 0 Å². The Morgan fingerprint density at radius 3 is 3.00 bits per heavy atom. The Bertz CT molecular complexity index is 487. The molecule has 0 bridgehead atoms. The van der Waals surface area contributed by atoms with E-state index in [0.29, 0.717) is 10.7 Å². The molecule has 0 fully saturated rings. The molecule has 1 aromatic rings. The van der Waals surface area contributed by atoms with Gasteiger partial charge in [-0.15, -0.1) is 17.8 Å². The monoisotopic (exact) mass is 216 g/mol. The summed E-state index contributed by atoms with van der Waals surface area (Å²) in [5, 5.41) is 0.623. The maximum Gasteiger partial charge on any atom is 0.225 e. The van der Waals surface area contributed by atoms with Crippen LogP contribution in [0.3, 0.4) is 0 Å². The van der Waals surface area contributed by atoms with Crippen LogP contribution < -0.4 is 5.73 Å². The van der Waals surface area contributed by atoms with Crippen LogP contribution in [0.5, 0.6) is 0 Å². The highest BCUT2D eigenvalue weighted by Crippen LogP contribution is 2.49. The molecule has 1 aliphatic rings. The Morgan fingerprint density at radius 1 is 1.67 bits per heavy atom. The van der Waals surface area contributed by atoms with Crippen molar-refractivity contribution in [2.24, 2.45) is 0 Å². The molecule has 2 nitrogen and oxygen atoms in total. The van der Waals surface area contributed by atoms with Crippen LogP contribution in [0.4, 0.5) is 10.7 Å². The number of anilines is 1. The van der Waals surface area contributed by atoms with Crippen molar-refractivity contribution in [3.05, 3.63) is 21.9 Å². The molecule has 76 valence electrons. The Morgan fingerprint density at radius 2 is 2.40 bits per heavy atom. The van der Waals surface area contributed by atoms with Crippen LogP contribution in [0.2, 0.25) is 0 Å². The van der Waals surface area contributed by atoms with Gasteiger partial charge in [0.15, 0.2) is 0 Å². The van der Waals surface area contributed by atoms with Crippen molar-refractivity contribution in [2.75, 3.05) is 5.73 Å². The van der Waals surface area contributed by atoms with Crippen molar-refractivity contribution in [3.63, 3.8) is 0 Å². The molecular weight excluding hydrogens is 204 g/mol. The molecular formula is C12H12N2S. The first-order chi connectivity index (χ1) is 7.12. The number of fused-ring (bicyclic) bond motifs is 1. The van der Waals surface area contributed by atoms with Crippen LogP contribution in [0, 0.1) is 18.9 Å². The third-order valence-electron chi connectivity index (χ3n) is 3.04. The van der Waals surface area contributed by atoms with Gasteiger partial charge < -0.3 is 5.73 Å². The Balaban J connectivity index is 2.71. The maximum absolute atomic E-state index is 7.18. The molecule has 1 atom stereocenters. The average molecular weight is 216 g/mol. The standard InChI is InChI=1S/C12H12N2S/c1-4-12(2)7-5-6-8-9(12)10(14-3)11(13)15-8/h1H,5-7,13H2,2H3. The highest BCUT2D eigenvalue weighted by Gasteiger charge is 2.35. The number of hydrogen-bond acceptors (Lipinski definition) is 2. The molecule has 0 spiro atoms. The average Bonchev–Trinajstić information content (AvgIpc) is 2.55. The topological polar surface area (TPSA) is 30.4 Å². The van der Waals surface area contributed by atoms with Gasteiger partial charge in [-0.3, -0.25) is 0 Å². The maximum atomic E-state index is 7.18. The van der Waals surface area contributed by atoms with Crippen molar-refractivity contribution < 1.29 is 0 Å². The fourth-order valence-electron chi connectivity index (χ4n) is 2.22. The third kappa shape index (κ3) is 1.32. The van der Waals surface area contributed by atoms with Gasteiger partial charge >= 0.3 is 0 Å². The second kappa shape index (κ2) is 3.29. The number of thiophene rings is 1. The lowest BCUT2D eigenvalue weighted by molar-refractivity contribution is 0.505. The van der Waals surface area contributed by atoms with Crippen molar-refractivity contribution in [2.45, 2.75) is 31.6 Å². The van der Waals surface area contributed by atoms with E-state index in [2.05, 4.69) is 10.8 Å². The summed E-state index contributed by atoms with van der Waals surface area (Å²) in [7, 11) is 0. The highest BCUT2D eigenvalue weighted by atomic mass is 32.1. The number of terminal acetylenes is 1. The summed E-state index contributed by atoms with van der Waals surface area (Å²) < 4.78 is 0. The first kappa shape index (κ1) is 10.1. The lowest BCUT2D eigenvalue weighted by Gasteiger charge is -2.29. The van der Waals surface area contributed by atoms with Crippen LogP contribution in [-0.4, -0.2) is 0 Å². The van der Waals surface area contributed by atoms with Crippen LogP contribution in [0.1, 0.15) is 30.2 Å². The zero-order valence-corrected chi connectivity index (χ0v) is 9.45. The predicted octanol–water partition coefficient (Wildman–Crippen LogP) is 3.11. The lowest BCUT2D eigenvalue weighted by Crippen LogP contribution is -2.24. The molecule has 0 aliphatic heterocycles. The molecule has 2 rings (SSSR count). The highest BCUT2D eigenvalue weighted by molar-refractivity contribution is 7.16. The minimum absolute atomic E-state index is 0.290. The molecule has 3 heteroatoms. The van der Waals surface area contributed by atoms with Gasteiger partial charge in [0.1, 0.15) is 0 Å². The molecule has 1 aromatic heterocycles. The summed E-state index contributed by atoms with van der Waals surface area (Å²) in [5.41, 5.74) is 7.17. The van der Waals surface area contributed by atoms with Gasteiger partial charge in [0.05, 0.1) is 11.6 Å². The van der Waals surface area contributed by atoms with Gasteiger partial charge in [0.2, 0.25) is 5.69 Å². The van der Waals surface area contributed by atoms with Gasteiger partial charge in [-0.2, -0.15) is 0 Å². The van der Waals surface area contributed by atoms with Crippen molar-refractivity contribution in [1.82, 2.24) is 0 Å². The van der Waals surface area contributed by atoms with E-state index in [9.17, 15) is 0 Å². The van der Waals surface area contributed by atoms with Gasteiger partial charge in [-0.1, -0.05) is 5.92 Å². The first-order valence-electron chi connectivity index (χ1n) is 4.89. The van der Waals surface area contributed by atoms with E-state index in [0.717, 1.165) is 24.8 Å². The second-order valence-corrected chi connectivity index (χ2v) is 5.19. The molecule has 15 heavy (non-hydrogen) atoms. The van der Waals surface area contributed by atoms with Gasteiger partial charge in [0, 0.05) is 5.41 Å². The smallest absolute Gasteiger partial charge is 0.225 e. The fraction of sp³-hybridized carbons (Fsp3) is 0.417. The molecule has 1 unspecified atom stereocenters. The van der Waals surface area contributed by atoms with E-state index in [1.54, 1.807) is 0 Å². The second-order valence-electron chi connectivity index (χ2n) is 4.05.